The van der Waals surface area contributed by atoms with Crippen LogP contribution in [0.25, 0.3) is 0 Å². The molecule has 0 aromatic carbocycles. The van der Waals surface area contributed by atoms with Gasteiger partial charge in [0.15, 0.2) is 0 Å². The molecular weight excluding hydrogens is 375 g/mol. The Morgan fingerprint density at radius 3 is 2.61 bits per heavy atom. The summed E-state index contributed by atoms with van der Waals surface area (Å²) in [7, 11) is 1.59. The zero-order valence-corrected chi connectivity index (χ0v) is 15.3. The van der Waals surface area contributed by atoms with Gasteiger partial charge < -0.3 is 14.2 Å². The van der Waals surface area contributed by atoms with E-state index in [-0.39, 0.29) is 35.4 Å². The molecule has 0 bridgehead atoms. The van der Waals surface area contributed by atoms with E-state index in [0.29, 0.717) is 25.9 Å². The number of nitrogens with zero attached hydrogens (tertiary/aromatic N) is 3. The number of hydrogen-bond donors (Lipinski definition) is 0. The maximum absolute atomic E-state index is 12.7. The number of carbonyl (C=O) groups is 1. The Balaban J connectivity index is 1.54. The lowest BCUT2D eigenvalue weighted by atomic mass is 9.97. The van der Waals surface area contributed by atoms with Gasteiger partial charge in [-0.2, -0.15) is 13.2 Å². The third-order valence-electron chi connectivity index (χ3n) is 4.74. The Morgan fingerprint density at radius 2 is 1.93 bits per heavy atom. The van der Waals surface area contributed by atoms with Gasteiger partial charge in [0.25, 0.3) is 11.5 Å². The Labute approximate surface area is 159 Å². The minimum Gasteiger partial charge on any atom is -0.477 e. The van der Waals surface area contributed by atoms with Gasteiger partial charge in [-0.05, 0) is 37.0 Å². The van der Waals surface area contributed by atoms with Crippen LogP contribution in [0.2, 0.25) is 0 Å². The average molecular weight is 395 g/mol. The fourth-order valence-electron chi connectivity index (χ4n) is 3.09. The molecular formula is C19H20F3N3O3. The number of piperidine rings is 1. The number of amides is 1. The molecule has 0 radical (unpaired) electrons. The Morgan fingerprint density at radius 1 is 1.21 bits per heavy atom. The number of aryl methyl sites for hydroxylation is 1. The molecule has 28 heavy (non-hydrogen) atoms. The highest BCUT2D eigenvalue weighted by atomic mass is 19.4. The number of rotatable bonds is 4. The van der Waals surface area contributed by atoms with Crippen molar-refractivity contribution in [1.82, 2.24) is 14.5 Å². The second-order valence-electron chi connectivity index (χ2n) is 6.74. The van der Waals surface area contributed by atoms with Gasteiger partial charge in [0.2, 0.25) is 5.88 Å². The van der Waals surface area contributed by atoms with Crippen LogP contribution < -0.4 is 10.3 Å². The van der Waals surface area contributed by atoms with Gasteiger partial charge in [0.05, 0.1) is 6.61 Å². The van der Waals surface area contributed by atoms with E-state index in [1.807, 2.05) is 0 Å². The maximum Gasteiger partial charge on any atom is 0.433 e. The van der Waals surface area contributed by atoms with Crippen molar-refractivity contribution in [3.63, 3.8) is 0 Å². The predicted octanol–water partition coefficient (Wildman–Crippen LogP) is 2.73. The monoisotopic (exact) mass is 395 g/mol. The quantitative estimate of drug-likeness (QED) is 0.799. The van der Waals surface area contributed by atoms with Crippen LogP contribution in [-0.4, -0.2) is 40.1 Å². The molecule has 0 N–H and O–H groups in total. The van der Waals surface area contributed by atoms with Crippen LogP contribution in [0.15, 0.2) is 41.3 Å². The topological polar surface area (TPSA) is 64.4 Å². The fourth-order valence-corrected chi connectivity index (χ4v) is 3.09. The largest absolute Gasteiger partial charge is 0.477 e. The predicted molar refractivity (Wildman–Crippen MR) is 95.0 cm³/mol. The minimum absolute atomic E-state index is 0.0684. The molecule has 1 amide bonds. The van der Waals surface area contributed by atoms with Crippen molar-refractivity contribution in [3.8, 4) is 5.88 Å². The van der Waals surface area contributed by atoms with Crippen molar-refractivity contribution in [1.29, 1.82) is 0 Å². The summed E-state index contributed by atoms with van der Waals surface area (Å²) in [5.41, 5.74) is -1.20. The SMILES string of the molecule is Cn1cccc(C(=O)N2CCC(COc3cccc(C(F)(F)F)n3)CC2)c1=O. The van der Waals surface area contributed by atoms with Gasteiger partial charge in [-0.15, -0.1) is 0 Å². The smallest absolute Gasteiger partial charge is 0.433 e. The highest BCUT2D eigenvalue weighted by Gasteiger charge is 2.33. The Kier molecular flexibility index (Phi) is 5.71. The van der Waals surface area contributed by atoms with Crippen LogP contribution in [0.5, 0.6) is 5.88 Å². The Hall–Kier alpha value is -2.84. The molecule has 150 valence electrons. The van der Waals surface area contributed by atoms with Gasteiger partial charge in [-0.3, -0.25) is 9.59 Å². The minimum atomic E-state index is -4.51. The molecule has 6 nitrogen and oxygen atoms in total. The number of aromatic nitrogens is 2. The summed E-state index contributed by atoms with van der Waals surface area (Å²) in [4.78, 5) is 29.7. The van der Waals surface area contributed by atoms with Crippen molar-refractivity contribution >= 4 is 5.91 Å². The molecule has 2 aromatic rings. The Bertz CT molecular complexity index is 903. The van der Waals surface area contributed by atoms with Crippen LogP contribution in [-0.2, 0) is 13.2 Å². The molecule has 3 heterocycles. The number of halogens is 3. The van der Waals surface area contributed by atoms with Crippen molar-refractivity contribution in [2.45, 2.75) is 19.0 Å². The van der Waals surface area contributed by atoms with Crippen LogP contribution in [0.3, 0.4) is 0 Å². The molecule has 0 aliphatic carbocycles. The number of ether oxygens (including phenoxy) is 1. The third kappa shape index (κ3) is 4.52. The molecule has 0 saturated carbocycles. The standard InChI is InChI=1S/C19H20F3N3O3/c1-24-9-3-4-14(17(24)26)18(27)25-10-7-13(8-11-25)12-28-16-6-2-5-15(23-16)19(20,21)22/h2-6,9,13H,7-8,10-12H2,1H3. The molecule has 1 aliphatic rings. The van der Waals surface area contributed by atoms with Gasteiger partial charge in [0, 0.05) is 32.4 Å². The molecule has 0 spiro atoms. The second-order valence-corrected chi connectivity index (χ2v) is 6.74. The van der Waals surface area contributed by atoms with E-state index >= 15 is 0 Å². The van der Waals surface area contributed by atoms with Gasteiger partial charge in [-0.25, -0.2) is 4.98 Å². The summed E-state index contributed by atoms with van der Waals surface area (Å²) in [6.07, 6.45) is -1.65. The van der Waals surface area contributed by atoms with E-state index in [2.05, 4.69) is 4.98 Å². The van der Waals surface area contributed by atoms with Crippen LogP contribution in [0.4, 0.5) is 13.2 Å². The summed E-state index contributed by atoms with van der Waals surface area (Å²) in [5.74, 6) is -0.278. The number of likely N-dealkylation sites (tertiary alicyclic amines) is 1. The highest BCUT2D eigenvalue weighted by molar-refractivity contribution is 5.93. The van der Waals surface area contributed by atoms with E-state index in [4.69, 9.17) is 4.74 Å². The molecule has 2 aromatic heterocycles. The van der Waals surface area contributed by atoms with E-state index in [0.717, 1.165) is 6.07 Å². The van der Waals surface area contributed by atoms with E-state index in [9.17, 15) is 22.8 Å². The first kappa shape index (κ1) is 19.9. The van der Waals surface area contributed by atoms with Gasteiger partial charge in [0.1, 0.15) is 11.3 Å². The molecule has 0 atom stereocenters. The lowest BCUT2D eigenvalue weighted by molar-refractivity contribution is -0.141. The van der Waals surface area contributed by atoms with Gasteiger partial charge >= 0.3 is 6.18 Å². The molecule has 3 rings (SSSR count). The first-order valence-electron chi connectivity index (χ1n) is 8.87. The number of pyridine rings is 2. The van der Waals surface area contributed by atoms with E-state index in [1.54, 1.807) is 24.2 Å². The third-order valence-corrected chi connectivity index (χ3v) is 4.74. The highest BCUT2D eigenvalue weighted by Crippen LogP contribution is 2.29. The first-order valence-corrected chi connectivity index (χ1v) is 8.87. The fraction of sp³-hybridized carbons (Fsp3) is 0.421. The molecule has 1 aliphatic heterocycles. The van der Waals surface area contributed by atoms with Crippen LogP contribution in [0, 0.1) is 5.92 Å². The van der Waals surface area contributed by atoms with Crippen molar-refractivity contribution in [2.24, 2.45) is 13.0 Å². The number of hydrogen-bond acceptors (Lipinski definition) is 4. The van der Waals surface area contributed by atoms with Crippen molar-refractivity contribution in [2.75, 3.05) is 19.7 Å². The zero-order valence-electron chi connectivity index (χ0n) is 15.3. The normalized spacial score (nSPS) is 15.5. The van der Waals surface area contributed by atoms with Crippen molar-refractivity contribution in [3.05, 3.63) is 58.1 Å². The molecule has 9 heteroatoms. The summed E-state index contributed by atoms with van der Waals surface area (Å²) >= 11 is 0. The molecule has 1 saturated heterocycles. The van der Waals surface area contributed by atoms with Crippen LogP contribution in [0.1, 0.15) is 28.9 Å². The zero-order chi connectivity index (χ0) is 20.3. The first-order chi connectivity index (χ1) is 13.3. The molecule has 0 unspecified atom stereocenters. The summed E-state index contributed by atoms with van der Waals surface area (Å²) in [6.45, 7) is 1.14. The lowest BCUT2D eigenvalue weighted by Gasteiger charge is -2.31. The summed E-state index contributed by atoms with van der Waals surface area (Å²) < 4.78 is 44.9. The lowest BCUT2D eigenvalue weighted by Crippen LogP contribution is -2.42. The number of carbonyl (C=O) groups excluding carboxylic acids is 1. The second kappa shape index (κ2) is 8.04. The average Bonchev–Trinajstić information content (AvgIpc) is 2.68. The number of alkyl halides is 3. The maximum atomic E-state index is 12.7. The van der Waals surface area contributed by atoms with E-state index in [1.165, 1.54) is 22.8 Å². The van der Waals surface area contributed by atoms with Gasteiger partial charge in [-0.1, -0.05) is 6.07 Å². The molecule has 1 fully saturated rings. The van der Waals surface area contributed by atoms with E-state index < -0.39 is 11.9 Å². The van der Waals surface area contributed by atoms with Crippen molar-refractivity contribution < 1.29 is 22.7 Å². The summed E-state index contributed by atoms with van der Waals surface area (Å²) in [5, 5.41) is 0. The summed E-state index contributed by atoms with van der Waals surface area (Å²) in [6, 6.07) is 6.70. The van der Waals surface area contributed by atoms with Crippen LogP contribution >= 0.6 is 0 Å².